The molecular weight excluding hydrogens is 286 g/mol. The van der Waals surface area contributed by atoms with E-state index in [1.165, 1.54) is 10.8 Å². The van der Waals surface area contributed by atoms with Gasteiger partial charge in [0.25, 0.3) is 0 Å². The molecule has 0 spiro atoms. The maximum atomic E-state index is 5.43. The van der Waals surface area contributed by atoms with Crippen molar-refractivity contribution in [2.75, 3.05) is 17.7 Å². The van der Waals surface area contributed by atoms with E-state index in [9.17, 15) is 0 Å². The zero-order chi connectivity index (χ0) is 15.6. The van der Waals surface area contributed by atoms with Gasteiger partial charge < -0.3 is 4.74 Å². The molecule has 0 unspecified atom stereocenters. The molecule has 1 heterocycles. The maximum Gasteiger partial charge on any atom is 0.207 e. The van der Waals surface area contributed by atoms with Crippen LogP contribution in [0.2, 0.25) is 0 Å². The van der Waals surface area contributed by atoms with Crippen molar-refractivity contribution in [3.05, 3.63) is 78.2 Å². The minimum absolute atomic E-state index is 0.692. The number of hydrazine groups is 2. The molecule has 23 heavy (non-hydrogen) atoms. The molecule has 4 heteroatoms. The average molecular weight is 303 g/mol. The van der Waals surface area contributed by atoms with Gasteiger partial charge >= 0.3 is 0 Å². The fourth-order valence-corrected chi connectivity index (χ4v) is 2.80. The Balaban J connectivity index is 1.82. The Labute approximate surface area is 134 Å². The van der Waals surface area contributed by atoms with Crippen LogP contribution < -0.4 is 16.0 Å². The van der Waals surface area contributed by atoms with Crippen LogP contribution in [-0.4, -0.2) is 7.11 Å². The van der Waals surface area contributed by atoms with Gasteiger partial charge in [0.2, 0.25) is 5.88 Å². The van der Waals surface area contributed by atoms with Gasteiger partial charge in [-0.1, -0.05) is 48.5 Å². The highest BCUT2D eigenvalue weighted by Crippen LogP contribution is 2.33. The standard InChI is InChI=1S/C19H17N3O/c1-23-19-13-17-16-10-6-5-7-14(16)11-12-18(17)22(21-19)20-15-8-3-2-4-9-15/h2-13,20-21H,1H3. The summed E-state index contributed by atoms with van der Waals surface area (Å²) in [5, 5.41) is 4.29. The third-order valence-electron chi connectivity index (χ3n) is 3.92. The van der Waals surface area contributed by atoms with Gasteiger partial charge in [0, 0.05) is 11.6 Å². The Kier molecular flexibility index (Phi) is 3.27. The van der Waals surface area contributed by atoms with Gasteiger partial charge in [-0.05, 0) is 29.0 Å². The van der Waals surface area contributed by atoms with Crippen molar-refractivity contribution in [2.45, 2.75) is 0 Å². The molecule has 2 N–H and O–H groups in total. The van der Waals surface area contributed by atoms with E-state index in [4.69, 9.17) is 4.74 Å². The first-order valence-corrected chi connectivity index (χ1v) is 7.51. The number of benzene rings is 3. The van der Waals surface area contributed by atoms with E-state index in [2.05, 4.69) is 47.2 Å². The van der Waals surface area contributed by atoms with Gasteiger partial charge in [0.15, 0.2) is 0 Å². The largest absolute Gasteiger partial charge is 0.481 e. The molecule has 0 radical (unpaired) electrons. The second kappa shape index (κ2) is 5.57. The lowest BCUT2D eigenvalue weighted by Gasteiger charge is -2.32. The summed E-state index contributed by atoms with van der Waals surface area (Å²) < 4.78 is 5.43. The Bertz CT molecular complexity index is 874. The zero-order valence-electron chi connectivity index (χ0n) is 12.8. The smallest absolute Gasteiger partial charge is 0.207 e. The zero-order valence-corrected chi connectivity index (χ0v) is 12.8. The molecule has 114 valence electrons. The first-order chi connectivity index (χ1) is 11.3. The van der Waals surface area contributed by atoms with Crippen molar-refractivity contribution in [1.29, 1.82) is 0 Å². The molecule has 1 aliphatic rings. The highest BCUT2D eigenvalue weighted by atomic mass is 16.5. The first kappa shape index (κ1) is 13.5. The molecule has 0 amide bonds. The normalized spacial score (nSPS) is 13.1. The van der Waals surface area contributed by atoms with E-state index in [-0.39, 0.29) is 0 Å². The van der Waals surface area contributed by atoms with Gasteiger partial charge in [-0.3, -0.25) is 5.43 Å². The minimum atomic E-state index is 0.692. The Hall–Kier alpha value is -3.14. The highest BCUT2D eigenvalue weighted by Gasteiger charge is 2.20. The van der Waals surface area contributed by atoms with Gasteiger partial charge in [-0.15, -0.1) is 0 Å². The minimum Gasteiger partial charge on any atom is -0.481 e. The molecule has 4 nitrogen and oxygen atoms in total. The van der Waals surface area contributed by atoms with Crippen molar-refractivity contribution in [1.82, 2.24) is 5.43 Å². The molecule has 3 aromatic carbocycles. The van der Waals surface area contributed by atoms with E-state index in [1.54, 1.807) is 7.11 Å². The SMILES string of the molecule is COC1=Cc2c(ccc3ccccc23)N(Nc2ccccc2)N1. The summed E-state index contributed by atoms with van der Waals surface area (Å²) in [6.07, 6.45) is 2.03. The van der Waals surface area contributed by atoms with Crippen LogP contribution in [0.3, 0.4) is 0 Å². The molecule has 0 saturated carbocycles. The number of fused-ring (bicyclic) bond motifs is 3. The second-order valence-corrected chi connectivity index (χ2v) is 5.36. The second-order valence-electron chi connectivity index (χ2n) is 5.36. The van der Waals surface area contributed by atoms with E-state index >= 15 is 0 Å². The molecule has 3 aromatic rings. The van der Waals surface area contributed by atoms with Gasteiger partial charge in [-0.25, -0.2) is 5.43 Å². The third-order valence-corrected chi connectivity index (χ3v) is 3.92. The summed E-state index contributed by atoms with van der Waals surface area (Å²) in [7, 11) is 1.66. The topological polar surface area (TPSA) is 36.5 Å². The summed E-state index contributed by atoms with van der Waals surface area (Å²) in [4.78, 5) is 0. The number of nitrogens with zero attached hydrogens (tertiary/aromatic N) is 1. The summed E-state index contributed by atoms with van der Waals surface area (Å²) in [6.45, 7) is 0. The lowest BCUT2D eigenvalue weighted by Crippen LogP contribution is -2.44. The fourth-order valence-electron chi connectivity index (χ4n) is 2.80. The predicted molar refractivity (Wildman–Crippen MR) is 94.6 cm³/mol. The molecule has 1 aliphatic heterocycles. The molecule has 4 rings (SSSR count). The number of hydrogen-bond donors (Lipinski definition) is 2. The molecule has 0 aromatic heterocycles. The van der Waals surface area contributed by atoms with Crippen LogP contribution in [0.15, 0.2) is 72.6 Å². The molecule has 0 saturated heterocycles. The number of para-hydroxylation sites is 1. The monoisotopic (exact) mass is 303 g/mol. The van der Waals surface area contributed by atoms with Crippen LogP contribution in [0.25, 0.3) is 16.8 Å². The number of nitrogens with one attached hydrogen (secondary N) is 2. The van der Waals surface area contributed by atoms with Crippen molar-refractivity contribution >= 4 is 28.2 Å². The summed E-state index contributed by atoms with van der Waals surface area (Å²) in [5.41, 5.74) is 9.77. The Morgan fingerprint density at radius 2 is 1.70 bits per heavy atom. The average Bonchev–Trinajstić information content (AvgIpc) is 2.62. The van der Waals surface area contributed by atoms with Gasteiger partial charge in [-0.2, -0.15) is 5.12 Å². The summed E-state index contributed by atoms with van der Waals surface area (Å²) in [5.74, 6) is 0.692. The van der Waals surface area contributed by atoms with Crippen molar-refractivity contribution in [3.8, 4) is 0 Å². The molecule has 0 aliphatic carbocycles. The van der Waals surface area contributed by atoms with Crippen LogP contribution in [0, 0.1) is 0 Å². The molecule has 0 bridgehead atoms. The number of ether oxygens (including phenoxy) is 1. The van der Waals surface area contributed by atoms with E-state index < -0.39 is 0 Å². The third kappa shape index (κ3) is 2.44. The Morgan fingerprint density at radius 1 is 0.913 bits per heavy atom. The summed E-state index contributed by atoms with van der Waals surface area (Å²) in [6, 6.07) is 22.6. The Morgan fingerprint density at radius 3 is 2.52 bits per heavy atom. The van der Waals surface area contributed by atoms with Gasteiger partial charge in [0.05, 0.1) is 18.5 Å². The molecule has 0 fully saturated rings. The molecule has 0 atom stereocenters. The first-order valence-electron chi connectivity index (χ1n) is 7.51. The quantitative estimate of drug-likeness (QED) is 0.762. The fraction of sp³-hybridized carbons (Fsp3) is 0.0526. The lowest BCUT2D eigenvalue weighted by molar-refractivity contribution is 0.263. The van der Waals surface area contributed by atoms with Crippen molar-refractivity contribution < 1.29 is 4.74 Å². The van der Waals surface area contributed by atoms with E-state index in [0.29, 0.717) is 5.88 Å². The van der Waals surface area contributed by atoms with Crippen LogP contribution in [-0.2, 0) is 4.74 Å². The summed E-state index contributed by atoms with van der Waals surface area (Å²) >= 11 is 0. The van der Waals surface area contributed by atoms with E-state index in [1.807, 2.05) is 41.5 Å². The predicted octanol–water partition coefficient (Wildman–Crippen LogP) is 4.14. The van der Waals surface area contributed by atoms with Crippen LogP contribution in [0.4, 0.5) is 11.4 Å². The maximum absolute atomic E-state index is 5.43. The lowest BCUT2D eigenvalue weighted by atomic mass is 10.0. The van der Waals surface area contributed by atoms with Crippen LogP contribution in [0.1, 0.15) is 5.56 Å². The van der Waals surface area contributed by atoms with Gasteiger partial charge in [0.1, 0.15) is 0 Å². The van der Waals surface area contributed by atoms with Crippen LogP contribution >= 0.6 is 0 Å². The molecular formula is C19H17N3O. The van der Waals surface area contributed by atoms with Crippen molar-refractivity contribution in [3.63, 3.8) is 0 Å². The van der Waals surface area contributed by atoms with E-state index in [0.717, 1.165) is 16.9 Å². The highest BCUT2D eigenvalue weighted by molar-refractivity contribution is 5.97. The number of hydrogen-bond acceptors (Lipinski definition) is 4. The van der Waals surface area contributed by atoms with Crippen molar-refractivity contribution in [2.24, 2.45) is 0 Å². The number of rotatable bonds is 3. The number of anilines is 2. The van der Waals surface area contributed by atoms with Crippen LogP contribution in [0.5, 0.6) is 0 Å². The number of methoxy groups -OCH3 is 1.